The third-order valence-electron chi connectivity index (χ3n) is 2.57. The van der Waals surface area contributed by atoms with Crippen LogP contribution in [0.15, 0.2) is 12.1 Å². The van der Waals surface area contributed by atoms with Crippen LogP contribution in [-0.2, 0) is 5.41 Å². The van der Waals surface area contributed by atoms with Crippen molar-refractivity contribution in [3.63, 3.8) is 0 Å². The van der Waals surface area contributed by atoms with E-state index < -0.39 is 18.9 Å². The molecule has 0 atom stereocenters. The molecule has 0 unspecified atom stereocenters. The summed E-state index contributed by atoms with van der Waals surface area (Å²) >= 11 is 5.88. The lowest BCUT2D eigenvalue weighted by molar-refractivity contribution is 0.0620. The summed E-state index contributed by atoms with van der Waals surface area (Å²) in [5.74, 6) is -0.491. The molecule has 0 aliphatic carbocycles. The van der Waals surface area contributed by atoms with Crippen LogP contribution in [0.1, 0.15) is 36.8 Å². The quantitative estimate of drug-likeness (QED) is 0.800. The van der Waals surface area contributed by atoms with E-state index in [-0.39, 0.29) is 16.1 Å². The average Bonchev–Trinajstić information content (AvgIpc) is 2.25. The molecule has 0 aliphatic rings. The van der Waals surface area contributed by atoms with Crippen molar-refractivity contribution in [3.8, 4) is 0 Å². The van der Waals surface area contributed by atoms with E-state index in [0.717, 1.165) is 4.90 Å². The fourth-order valence-corrected chi connectivity index (χ4v) is 1.72. The van der Waals surface area contributed by atoms with E-state index in [1.54, 1.807) is 6.07 Å². The summed E-state index contributed by atoms with van der Waals surface area (Å²) in [6, 6.07) is 2.98. The minimum absolute atomic E-state index is 0.182. The molecule has 1 rings (SSSR count). The first-order valence-electron chi connectivity index (χ1n) is 5.83. The standard InChI is InChI=1S/C13H17ClF2N2O/c1-13(2,3)9-5-8(6-10(14)17-9)12(19)18(4)7-11(15)16/h5-6,11H,7H2,1-4H3. The lowest BCUT2D eigenvalue weighted by Crippen LogP contribution is -2.31. The number of hydrogen-bond acceptors (Lipinski definition) is 2. The molecular weight excluding hydrogens is 274 g/mol. The molecule has 1 amide bonds. The largest absolute Gasteiger partial charge is 0.336 e. The van der Waals surface area contributed by atoms with E-state index >= 15 is 0 Å². The van der Waals surface area contributed by atoms with Crippen molar-refractivity contribution in [1.29, 1.82) is 0 Å². The van der Waals surface area contributed by atoms with Crippen LogP contribution < -0.4 is 0 Å². The van der Waals surface area contributed by atoms with Crippen LogP contribution in [0, 0.1) is 0 Å². The van der Waals surface area contributed by atoms with Gasteiger partial charge in [0.05, 0.1) is 6.54 Å². The lowest BCUT2D eigenvalue weighted by atomic mass is 9.91. The van der Waals surface area contributed by atoms with Crippen LogP contribution in [-0.4, -0.2) is 35.8 Å². The minimum atomic E-state index is -2.56. The van der Waals surface area contributed by atoms with Gasteiger partial charge in [0.2, 0.25) is 0 Å². The van der Waals surface area contributed by atoms with Crippen LogP contribution in [0.3, 0.4) is 0 Å². The maximum atomic E-state index is 12.3. The van der Waals surface area contributed by atoms with Gasteiger partial charge in [-0.3, -0.25) is 4.79 Å². The van der Waals surface area contributed by atoms with Crippen molar-refractivity contribution in [2.24, 2.45) is 0 Å². The molecule has 0 bridgehead atoms. The highest BCUT2D eigenvalue weighted by Crippen LogP contribution is 2.24. The number of carbonyl (C=O) groups is 1. The molecular formula is C13H17ClF2N2O. The second-order valence-electron chi connectivity index (χ2n) is 5.39. The molecule has 0 saturated heterocycles. The molecule has 19 heavy (non-hydrogen) atoms. The van der Waals surface area contributed by atoms with E-state index in [0.29, 0.717) is 5.69 Å². The Bertz CT molecular complexity index is 472. The number of rotatable bonds is 3. The molecule has 0 fully saturated rings. The topological polar surface area (TPSA) is 33.2 Å². The maximum absolute atomic E-state index is 12.3. The Morgan fingerprint density at radius 1 is 1.42 bits per heavy atom. The summed E-state index contributed by atoms with van der Waals surface area (Å²) in [6.07, 6.45) is -2.56. The van der Waals surface area contributed by atoms with Gasteiger partial charge in [-0.05, 0) is 12.1 Å². The van der Waals surface area contributed by atoms with E-state index in [1.165, 1.54) is 13.1 Å². The van der Waals surface area contributed by atoms with Crippen molar-refractivity contribution in [3.05, 3.63) is 28.5 Å². The van der Waals surface area contributed by atoms with E-state index in [2.05, 4.69) is 4.98 Å². The van der Waals surface area contributed by atoms with Crippen LogP contribution in [0.4, 0.5) is 8.78 Å². The molecule has 0 aliphatic heterocycles. The Hall–Kier alpha value is -1.23. The zero-order valence-corrected chi connectivity index (χ0v) is 12.1. The first-order valence-corrected chi connectivity index (χ1v) is 6.20. The zero-order valence-electron chi connectivity index (χ0n) is 11.4. The highest BCUT2D eigenvalue weighted by molar-refractivity contribution is 6.29. The molecule has 0 saturated carbocycles. The van der Waals surface area contributed by atoms with E-state index in [9.17, 15) is 13.6 Å². The lowest BCUT2D eigenvalue weighted by Gasteiger charge is -2.21. The molecule has 6 heteroatoms. The van der Waals surface area contributed by atoms with Gasteiger partial charge < -0.3 is 4.90 Å². The van der Waals surface area contributed by atoms with Gasteiger partial charge in [-0.25, -0.2) is 13.8 Å². The molecule has 106 valence electrons. The third kappa shape index (κ3) is 4.42. The van der Waals surface area contributed by atoms with Crippen LogP contribution in [0.25, 0.3) is 0 Å². The monoisotopic (exact) mass is 290 g/mol. The molecule has 1 aromatic rings. The van der Waals surface area contributed by atoms with Gasteiger partial charge in [0.25, 0.3) is 12.3 Å². The van der Waals surface area contributed by atoms with Gasteiger partial charge in [0.1, 0.15) is 5.15 Å². The molecule has 0 aromatic carbocycles. The number of halogens is 3. The highest BCUT2D eigenvalue weighted by Gasteiger charge is 2.21. The number of amides is 1. The number of hydrogen-bond donors (Lipinski definition) is 0. The Morgan fingerprint density at radius 2 is 2.00 bits per heavy atom. The average molecular weight is 291 g/mol. The first-order chi connectivity index (χ1) is 8.61. The molecule has 0 spiro atoms. The predicted octanol–water partition coefficient (Wildman–Crippen LogP) is 3.37. The molecule has 1 heterocycles. The Morgan fingerprint density at radius 3 is 2.47 bits per heavy atom. The second-order valence-corrected chi connectivity index (χ2v) is 5.78. The summed E-state index contributed by atoms with van der Waals surface area (Å²) in [7, 11) is 1.33. The first kappa shape index (κ1) is 15.8. The Balaban J connectivity index is 3.07. The molecule has 0 radical (unpaired) electrons. The van der Waals surface area contributed by atoms with Gasteiger partial charge in [-0.15, -0.1) is 0 Å². The normalized spacial score (nSPS) is 11.8. The summed E-state index contributed by atoms with van der Waals surface area (Å²) < 4.78 is 24.6. The Kier molecular flexibility index (Phi) is 4.85. The minimum Gasteiger partial charge on any atom is -0.336 e. The van der Waals surface area contributed by atoms with Gasteiger partial charge >= 0.3 is 0 Å². The van der Waals surface area contributed by atoms with Crippen molar-refractivity contribution in [2.45, 2.75) is 32.6 Å². The number of aromatic nitrogens is 1. The van der Waals surface area contributed by atoms with Crippen molar-refractivity contribution < 1.29 is 13.6 Å². The van der Waals surface area contributed by atoms with Gasteiger partial charge in [0.15, 0.2) is 0 Å². The highest BCUT2D eigenvalue weighted by atomic mass is 35.5. The van der Waals surface area contributed by atoms with Crippen LogP contribution in [0.5, 0.6) is 0 Å². The van der Waals surface area contributed by atoms with E-state index in [1.807, 2.05) is 20.8 Å². The smallest absolute Gasteiger partial charge is 0.255 e. The second kappa shape index (κ2) is 5.82. The third-order valence-corrected chi connectivity index (χ3v) is 2.76. The van der Waals surface area contributed by atoms with Crippen molar-refractivity contribution in [1.82, 2.24) is 9.88 Å². The summed E-state index contributed by atoms with van der Waals surface area (Å²) in [5, 5.41) is 0.182. The fraction of sp³-hybridized carbons (Fsp3) is 0.538. The molecule has 1 aromatic heterocycles. The van der Waals surface area contributed by atoms with Gasteiger partial charge in [0, 0.05) is 23.7 Å². The maximum Gasteiger partial charge on any atom is 0.255 e. The fourth-order valence-electron chi connectivity index (χ4n) is 1.51. The number of alkyl halides is 2. The van der Waals surface area contributed by atoms with E-state index in [4.69, 9.17) is 11.6 Å². The van der Waals surface area contributed by atoms with Crippen molar-refractivity contribution >= 4 is 17.5 Å². The van der Waals surface area contributed by atoms with Crippen LogP contribution in [0.2, 0.25) is 5.15 Å². The number of nitrogens with zero attached hydrogens (tertiary/aromatic N) is 2. The predicted molar refractivity (Wildman–Crippen MR) is 70.9 cm³/mol. The summed E-state index contributed by atoms with van der Waals surface area (Å²) in [5.41, 5.74) is 0.642. The van der Waals surface area contributed by atoms with Crippen LogP contribution >= 0.6 is 11.6 Å². The number of carbonyl (C=O) groups excluding carboxylic acids is 1. The summed E-state index contributed by atoms with van der Waals surface area (Å²) in [6.45, 7) is 5.19. The van der Waals surface area contributed by atoms with Gasteiger partial charge in [-0.2, -0.15) is 0 Å². The molecule has 0 N–H and O–H groups in total. The van der Waals surface area contributed by atoms with Gasteiger partial charge in [-0.1, -0.05) is 32.4 Å². The summed E-state index contributed by atoms with van der Waals surface area (Å²) in [4.78, 5) is 17.1. The van der Waals surface area contributed by atoms with Crippen molar-refractivity contribution in [2.75, 3.05) is 13.6 Å². The number of pyridine rings is 1. The molecule has 3 nitrogen and oxygen atoms in total. The zero-order chi connectivity index (χ0) is 14.8. The Labute approximate surface area is 116 Å². The SMILES string of the molecule is CN(CC(F)F)C(=O)c1cc(Cl)nc(C(C)(C)C)c1.